The lowest BCUT2D eigenvalue weighted by Crippen LogP contribution is -2.44. The van der Waals surface area contributed by atoms with Gasteiger partial charge in [-0.3, -0.25) is 4.79 Å². The van der Waals surface area contributed by atoms with Crippen LogP contribution in [0.4, 0.5) is 10.5 Å². The molecule has 0 saturated carbocycles. The van der Waals surface area contributed by atoms with Crippen molar-refractivity contribution < 1.29 is 14.0 Å². The lowest BCUT2D eigenvalue weighted by molar-refractivity contribution is 0.102. The molecule has 1 saturated heterocycles. The monoisotopic (exact) mass is 411 g/mol. The first-order valence-electron chi connectivity index (χ1n) is 9.44. The number of amides is 3. The van der Waals surface area contributed by atoms with E-state index in [1.807, 2.05) is 36.4 Å². The van der Waals surface area contributed by atoms with E-state index >= 15 is 0 Å². The minimum absolute atomic E-state index is 0.0777. The number of benzene rings is 1. The second kappa shape index (κ2) is 8.87. The number of hydrogen-bond donors (Lipinski definition) is 2. The first kappa shape index (κ1) is 19.1. The van der Waals surface area contributed by atoms with Crippen molar-refractivity contribution in [2.45, 2.75) is 25.3 Å². The lowest BCUT2D eigenvalue weighted by Gasteiger charge is -2.31. The molecule has 0 radical (unpaired) electrons. The molecule has 1 atom stereocenters. The summed E-state index contributed by atoms with van der Waals surface area (Å²) in [4.78, 5) is 26.6. The Labute approximate surface area is 171 Å². The molecule has 0 unspecified atom stereocenters. The van der Waals surface area contributed by atoms with Crippen molar-refractivity contribution in [1.29, 1.82) is 0 Å². The molecule has 1 aliphatic rings. The Morgan fingerprint density at radius 2 is 2.03 bits per heavy atom. The van der Waals surface area contributed by atoms with Gasteiger partial charge in [-0.05, 0) is 37.1 Å². The average Bonchev–Trinajstić information content (AvgIpc) is 3.45. The van der Waals surface area contributed by atoms with Gasteiger partial charge in [0.2, 0.25) is 5.01 Å². The van der Waals surface area contributed by atoms with Crippen molar-refractivity contribution in [1.82, 2.24) is 20.4 Å². The first-order chi connectivity index (χ1) is 14.2. The third-order valence-corrected chi connectivity index (χ3v) is 5.80. The molecule has 3 amide bonds. The quantitative estimate of drug-likeness (QED) is 0.670. The molecule has 2 aromatic heterocycles. The van der Waals surface area contributed by atoms with E-state index in [1.165, 1.54) is 11.3 Å². The fourth-order valence-corrected chi connectivity index (χ4v) is 4.11. The summed E-state index contributed by atoms with van der Waals surface area (Å²) >= 11 is 1.28. The number of likely N-dealkylation sites (tertiary alicyclic amines) is 1. The maximum atomic E-state index is 12.5. The SMILES string of the molecule is O=C(Nc1ccccc1)c1nnc([C@H]2CCCN(C(=O)NCc3ccco3)C2)s1. The van der Waals surface area contributed by atoms with E-state index in [2.05, 4.69) is 20.8 Å². The van der Waals surface area contributed by atoms with Gasteiger partial charge in [0, 0.05) is 24.7 Å². The molecule has 0 aliphatic carbocycles. The Balaban J connectivity index is 1.34. The molecular weight excluding hydrogens is 390 g/mol. The predicted molar refractivity (Wildman–Crippen MR) is 109 cm³/mol. The first-order valence-corrected chi connectivity index (χ1v) is 10.3. The van der Waals surface area contributed by atoms with E-state index < -0.39 is 0 Å². The molecule has 2 N–H and O–H groups in total. The molecule has 3 heterocycles. The fraction of sp³-hybridized carbons (Fsp3) is 0.300. The van der Waals surface area contributed by atoms with Crippen molar-refractivity contribution in [3.8, 4) is 0 Å². The van der Waals surface area contributed by atoms with Crippen molar-refractivity contribution in [3.63, 3.8) is 0 Å². The number of piperidine rings is 1. The van der Waals surface area contributed by atoms with Gasteiger partial charge in [-0.25, -0.2) is 4.79 Å². The Bertz CT molecular complexity index is 958. The van der Waals surface area contributed by atoms with Crippen LogP contribution in [0.5, 0.6) is 0 Å². The predicted octanol–water partition coefficient (Wildman–Crippen LogP) is 3.47. The zero-order chi connectivity index (χ0) is 20.1. The van der Waals surface area contributed by atoms with Crippen LogP contribution in [0.25, 0.3) is 0 Å². The molecule has 8 nitrogen and oxygen atoms in total. The second-order valence-corrected chi connectivity index (χ2v) is 7.80. The third-order valence-electron chi connectivity index (χ3n) is 4.72. The molecule has 29 heavy (non-hydrogen) atoms. The summed E-state index contributed by atoms with van der Waals surface area (Å²) in [5.74, 6) is 0.516. The standard InChI is InChI=1S/C20H21N5O3S/c26-17(22-15-7-2-1-3-8-15)19-24-23-18(29-19)14-6-4-10-25(13-14)20(27)21-12-16-9-5-11-28-16/h1-3,5,7-9,11,14H,4,6,10,12-13H2,(H,21,27)(H,22,26)/t14-/m0/s1. The number of urea groups is 1. The van der Waals surface area contributed by atoms with Crippen LogP contribution in [0.15, 0.2) is 53.1 Å². The number of aromatic nitrogens is 2. The van der Waals surface area contributed by atoms with Crippen LogP contribution in [0.3, 0.4) is 0 Å². The van der Waals surface area contributed by atoms with Crippen LogP contribution in [0.1, 0.15) is 39.3 Å². The maximum Gasteiger partial charge on any atom is 0.317 e. The molecule has 4 rings (SSSR count). The number of rotatable bonds is 5. The van der Waals surface area contributed by atoms with E-state index in [0.717, 1.165) is 17.8 Å². The van der Waals surface area contributed by atoms with Gasteiger partial charge >= 0.3 is 6.03 Å². The number of anilines is 1. The zero-order valence-electron chi connectivity index (χ0n) is 15.7. The smallest absolute Gasteiger partial charge is 0.317 e. The van der Waals surface area contributed by atoms with Gasteiger partial charge in [-0.15, -0.1) is 10.2 Å². The number of para-hydroxylation sites is 1. The van der Waals surface area contributed by atoms with Gasteiger partial charge < -0.3 is 20.0 Å². The summed E-state index contributed by atoms with van der Waals surface area (Å²) in [6.07, 6.45) is 3.38. The van der Waals surface area contributed by atoms with Crippen LogP contribution < -0.4 is 10.6 Å². The van der Waals surface area contributed by atoms with Gasteiger partial charge in [-0.1, -0.05) is 29.5 Å². The number of furan rings is 1. The van der Waals surface area contributed by atoms with Gasteiger partial charge in [0.25, 0.3) is 5.91 Å². The number of hydrogen-bond acceptors (Lipinski definition) is 6. The molecule has 1 fully saturated rings. The third kappa shape index (κ3) is 4.80. The Hall–Kier alpha value is -3.20. The highest BCUT2D eigenvalue weighted by atomic mass is 32.1. The van der Waals surface area contributed by atoms with Crippen LogP contribution in [-0.4, -0.2) is 40.1 Å². The highest BCUT2D eigenvalue weighted by Crippen LogP contribution is 2.29. The van der Waals surface area contributed by atoms with Crippen LogP contribution in [-0.2, 0) is 6.54 Å². The summed E-state index contributed by atoms with van der Waals surface area (Å²) < 4.78 is 5.24. The van der Waals surface area contributed by atoms with Gasteiger partial charge in [0.15, 0.2) is 0 Å². The highest BCUT2D eigenvalue weighted by molar-refractivity contribution is 7.13. The number of nitrogens with one attached hydrogen (secondary N) is 2. The molecule has 0 spiro atoms. The summed E-state index contributed by atoms with van der Waals surface area (Å²) in [5, 5.41) is 15.1. The molecule has 3 aromatic rings. The van der Waals surface area contributed by atoms with Crippen LogP contribution >= 0.6 is 11.3 Å². The molecule has 1 aromatic carbocycles. The number of carbonyl (C=O) groups is 2. The van der Waals surface area contributed by atoms with Crippen molar-refractivity contribution in [2.75, 3.05) is 18.4 Å². The minimum Gasteiger partial charge on any atom is -0.467 e. The second-order valence-electron chi connectivity index (χ2n) is 6.79. The minimum atomic E-state index is -0.274. The lowest BCUT2D eigenvalue weighted by atomic mass is 9.99. The van der Waals surface area contributed by atoms with E-state index in [9.17, 15) is 9.59 Å². The highest BCUT2D eigenvalue weighted by Gasteiger charge is 2.28. The van der Waals surface area contributed by atoms with Crippen LogP contribution in [0, 0.1) is 0 Å². The normalized spacial score (nSPS) is 16.4. The summed E-state index contributed by atoms with van der Waals surface area (Å²) in [7, 11) is 0. The van der Waals surface area contributed by atoms with Crippen LogP contribution in [0.2, 0.25) is 0 Å². The summed E-state index contributed by atoms with van der Waals surface area (Å²) in [5.41, 5.74) is 0.714. The van der Waals surface area contributed by atoms with Gasteiger partial charge in [-0.2, -0.15) is 0 Å². The zero-order valence-corrected chi connectivity index (χ0v) is 16.5. The summed E-state index contributed by atoms with van der Waals surface area (Å²) in [6, 6.07) is 12.7. The Morgan fingerprint density at radius 1 is 1.17 bits per heavy atom. The van der Waals surface area contributed by atoms with E-state index in [0.29, 0.717) is 36.1 Å². The molecule has 0 bridgehead atoms. The van der Waals surface area contributed by atoms with Gasteiger partial charge in [0.1, 0.15) is 10.8 Å². The number of carbonyl (C=O) groups excluding carboxylic acids is 2. The largest absolute Gasteiger partial charge is 0.467 e. The molecule has 150 valence electrons. The molecule has 1 aliphatic heterocycles. The van der Waals surface area contributed by atoms with Crippen molar-refractivity contribution in [3.05, 3.63) is 64.5 Å². The fourth-order valence-electron chi connectivity index (χ4n) is 3.25. The number of nitrogens with zero attached hydrogens (tertiary/aromatic N) is 3. The topological polar surface area (TPSA) is 100 Å². The molecular formula is C20H21N5O3S. The van der Waals surface area contributed by atoms with Gasteiger partial charge in [0.05, 0.1) is 12.8 Å². The van der Waals surface area contributed by atoms with E-state index in [4.69, 9.17) is 4.42 Å². The Morgan fingerprint density at radius 3 is 2.83 bits per heavy atom. The van der Waals surface area contributed by atoms with E-state index in [-0.39, 0.29) is 17.9 Å². The van der Waals surface area contributed by atoms with Crippen molar-refractivity contribution >= 4 is 29.0 Å². The van der Waals surface area contributed by atoms with Crippen molar-refractivity contribution in [2.24, 2.45) is 0 Å². The maximum absolute atomic E-state index is 12.5. The Kier molecular flexibility index (Phi) is 5.85. The summed E-state index contributed by atoms with van der Waals surface area (Å²) in [6.45, 7) is 1.61. The molecule has 9 heteroatoms. The average molecular weight is 411 g/mol. The van der Waals surface area contributed by atoms with E-state index in [1.54, 1.807) is 17.2 Å².